The highest BCUT2D eigenvalue weighted by atomic mass is 79.9. The number of ether oxygens (including phenoxy) is 1. The second kappa shape index (κ2) is 5.81. The number of benzene rings is 2. The van der Waals surface area contributed by atoms with Gasteiger partial charge < -0.3 is 4.74 Å². The summed E-state index contributed by atoms with van der Waals surface area (Å²) in [6, 6.07) is 4.61. The molecule has 0 aromatic heterocycles. The quantitative estimate of drug-likeness (QED) is 0.558. The van der Waals surface area contributed by atoms with Crippen LogP contribution in [-0.4, -0.2) is 0 Å². The maximum Gasteiger partial charge on any atom is 0.416 e. The average molecular weight is 388 g/mol. The Hall–Kier alpha value is -1.34. The minimum atomic E-state index is -4.85. The molecule has 0 N–H and O–H groups in total. The van der Waals surface area contributed by atoms with Crippen molar-refractivity contribution < 1.29 is 26.7 Å². The molecule has 112 valence electrons. The van der Waals surface area contributed by atoms with Crippen LogP contribution in [0.25, 0.3) is 0 Å². The molecule has 0 spiro atoms. The number of alkyl halides is 3. The first-order valence-electron chi connectivity index (χ1n) is 5.37. The van der Waals surface area contributed by atoms with Crippen molar-refractivity contribution in [1.29, 1.82) is 0 Å². The van der Waals surface area contributed by atoms with E-state index in [9.17, 15) is 22.0 Å². The summed E-state index contributed by atoms with van der Waals surface area (Å²) in [6.07, 6.45) is -4.85. The summed E-state index contributed by atoms with van der Waals surface area (Å²) in [6.45, 7) is 0. The molecule has 2 rings (SSSR count). The van der Waals surface area contributed by atoms with E-state index in [0.717, 1.165) is 0 Å². The molecule has 0 radical (unpaired) electrons. The fourth-order valence-electron chi connectivity index (χ4n) is 1.49. The van der Waals surface area contributed by atoms with Gasteiger partial charge in [0.2, 0.25) is 0 Å². The second-order valence-corrected chi connectivity index (χ2v) is 5.27. The Bertz CT molecular complexity index is 664. The lowest BCUT2D eigenvalue weighted by Crippen LogP contribution is -2.07. The van der Waals surface area contributed by atoms with Crippen molar-refractivity contribution in [3.63, 3.8) is 0 Å². The number of rotatable bonds is 2. The monoisotopic (exact) mass is 386 g/mol. The number of hydrogen-bond donors (Lipinski definition) is 0. The van der Waals surface area contributed by atoms with Crippen LogP contribution in [0, 0.1) is 11.6 Å². The van der Waals surface area contributed by atoms with Gasteiger partial charge in [0, 0.05) is 4.47 Å². The Morgan fingerprint density at radius 1 is 1.00 bits per heavy atom. The van der Waals surface area contributed by atoms with E-state index in [0.29, 0.717) is 4.47 Å². The zero-order chi connectivity index (χ0) is 15.8. The van der Waals surface area contributed by atoms with E-state index in [1.54, 1.807) is 6.07 Å². The highest BCUT2D eigenvalue weighted by molar-refractivity contribution is 9.10. The van der Waals surface area contributed by atoms with E-state index in [2.05, 4.69) is 15.9 Å². The van der Waals surface area contributed by atoms with Crippen LogP contribution in [0.1, 0.15) is 5.56 Å². The smallest absolute Gasteiger partial charge is 0.416 e. The Labute approximate surface area is 129 Å². The van der Waals surface area contributed by atoms with Gasteiger partial charge in [-0.3, -0.25) is 0 Å². The van der Waals surface area contributed by atoms with Gasteiger partial charge in [-0.05, 0) is 30.3 Å². The van der Waals surface area contributed by atoms with Crippen molar-refractivity contribution in [2.75, 3.05) is 0 Å². The number of halogens is 7. The van der Waals surface area contributed by atoms with Crippen molar-refractivity contribution in [3.05, 3.63) is 57.0 Å². The maximum atomic E-state index is 13.6. The first kappa shape index (κ1) is 16.0. The minimum absolute atomic E-state index is 0.0527. The molecule has 0 unspecified atom stereocenters. The molecule has 0 aliphatic heterocycles. The van der Waals surface area contributed by atoms with Gasteiger partial charge in [0.1, 0.15) is 5.75 Å². The van der Waals surface area contributed by atoms with Gasteiger partial charge in [-0.1, -0.05) is 27.5 Å². The molecule has 0 fully saturated rings. The summed E-state index contributed by atoms with van der Waals surface area (Å²) in [7, 11) is 0. The van der Waals surface area contributed by atoms with Crippen molar-refractivity contribution in [2.45, 2.75) is 6.18 Å². The molecule has 21 heavy (non-hydrogen) atoms. The highest BCUT2D eigenvalue weighted by Gasteiger charge is 2.33. The summed E-state index contributed by atoms with van der Waals surface area (Å²) in [5.74, 6) is -4.00. The summed E-state index contributed by atoms with van der Waals surface area (Å²) in [5.41, 5.74) is -1.44. The third kappa shape index (κ3) is 3.65. The zero-order valence-corrected chi connectivity index (χ0v) is 12.3. The average Bonchev–Trinajstić information content (AvgIpc) is 2.36. The highest BCUT2D eigenvalue weighted by Crippen LogP contribution is 2.37. The normalized spacial score (nSPS) is 11.6. The number of hydrogen-bond acceptors (Lipinski definition) is 1. The summed E-state index contributed by atoms with van der Waals surface area (Å²) in [5, 5.41) is 0.0527. The molecule has 2 aromatic carbocycles. The predicted octanol–water partition coefficient (Wildman–Crippen LogP) is 6.19. The van der Waals surface area contributed by atoms with E-state index in [1.165, 1.54) is 12.1 Å². The van der Waals surface area contributed by atoms with Crippen molar-refractivity contribution in [2.24, 2.45) is 0 Å². The largest absolute Gasteiger partial charge is 0.450 e. The topological polar surface area (TPSA) is 9.23 Å². The van der Waals surface area contributed by atoms with Gasteiger partial charge >= 0.3 is 6.18 Å². The molecule has 0 amide bonds. The Morgan fingerprint density at radius 2 is 1.57 bits per heavy atom. The van der Waals surface area contributed by atoms with E-state index in [4.69, 9.17) is 16.3 Å². The molecule has 2 aromatic rings. The van der Waals surface area contributed by atoms with Crippen LogP contribution in [-0.2, 0) is 6.18 Å². The van der Waals surface area contributed by atoms with Crippen molar-refractivity contribution >= 4 is 27.5 Å². The molecule has 0 saturated heterocycles. The fraction of sp³-hybridized carbons (Fsp3) is 0.0769. The van der Waals surface area contributed by atoms with Gasteiger partial charge in [0.15, 0.2) is 17.4 Å². The van der Waals surface area contributed by atoms with Crippen LogP contribution in [0.15, 0.2) is 34.8 Å². The molecule has 0 aliphatic rings. The van der Waals surface area contributed by atoms with Crippen molar-refractivity contribution in [3.8, 4) is 11.5 Å². The molecule has 1 nitrogen and oxygen atoms in total. The van der Waals surface area contributed by atoms with E-state index in [1.807, 2.05) is 0 Å². The lowest BCUT2D eigenvalue weighted by Gasteiger charge is -2.12. The molecule has 0 heterocycles. The third-order valence-corrected chi connectivity index (χ3v) is 3.24. The molecule has 0 bridgehead atoms. The van der Waals surface area contributed by atoms with E-state index < -0.39 is 29.1 Å². The van der Waals surface area contributed by atoms with E-state index in [-0.39, 0.29) is 22.9 Å². The zero-order valence-electron chi connectivity index (χ0n) is 9.94. The van der Waals surface area contributed by atoms with Crippen LogP contribution in [0.2, 0.25) is 5.02 Å². The van der Waals surface area contributed by atoms with Gasteiger partial charge in [-0.15, -0.1) is 0 Å². The van der Waals surface area contributed by atoms with Gasteiger partial charge in [-0.2, -0.15) is 13.2 Å². The van der Waals surface area contributed by atoms with Gasteiger partial charge in [0.25, 0.3) is 0 Å². The van der Waals surface area contributed by atoms with Gasteiger partial charge in [0.05, 0.1) is 10.6 Å². The summed E-state index contributed by atoms with van der Waals surface area (Å²) >= 11 is 8.89. The molecule has 8 heteroatoms. The van der Waals surface area contributed by atoms with Crippen LogP contribution < -0.4 is 4.74 Å². The molecule has 0 atom stereocenters. The molecule has 0 saturated carbocycles. The fourth-order valence-corrected chi connectivity index (χ4v) is 1.98. The standard InChI is InChI=1S/C13H5BrClF5O/c14-7-1-2-8(15)11(5-7)21-12-9(16)3-6(4-10(12)17)13(18,19)20/h1-5H. The molecule has 0 aliphatic carbocycles. The van der Waals surface area contributed by atoms with Crippen LogP contribution in [0.4, 0.5) is 22.0 Å². The summed E-state index contributed by atoms with van der Waals surface area (Å²) in [4.78, 5) is 0. The predicted molar refractivity (Wildman–Crippen MR) is 70.6 cm³/mol. The Kier molecular flexibility index (Phi) is 4.43. The van der Waals surface area contributed by atoms with E-state index >= 15 is 0 Å². The van der Waals surface area contributed by atoms with Crippen molar-refractivity contribution in [1.82, 2.24) is 0 Å². The minimum Gasteiger partial charge on any atom is -0.450 e. The lowest BCUT2D eigenvalue weighted by molar-refractivity contribution is -0.138. The lowest BCUT2D eigenvalue weighted by atomic mass is 10.2. The third-order valence-electron chi connectivity index (χ3n) is 2.43. The molecular weight excluding hydrogens is 382 g/mol. The van der Waals surface area contributed by atoms with Crippen LogP contribution >= 0.6 is 27.5 Å². The molecular formula is C13H5BrClF5O. The first-order valence-corrected chi connectivity index (χ1v) is 6.54. The maximum absolute atomic E-state index is 13.6. The first-order chi connectivity index (χ1) is 9.68. The van der Waals surface area contributed by atoms with Crippen LogP contribution in [0.3, 0.4) is 0 Å². The second-order valence-electron chi connectivity index (χ2n) is 3.94. The summed E-state index contributed by atoms with van der Waals surface area (Å²) < 4.78 is 70.0. The Morgan fingerprint density at radius 3 is 2.10 bits per heavy atom. The SMILES string of the molecule is Fc1cc(C(F)(F)F)cc(F)c1Oc1cc(Br)ccc1Cl. The van der Waals surface area contributed by atoms with Gasteiger partial charge in [-0.25, -0.2) is 8.78 Å². The Balaban J connectivity index is 2.44. The van der Waals surface area contributed by atoms with Crippen LogP contribution in [0.5, 0.6) is 11.5 Å².